The average molecular weight is 367 g/mol. The Kier molecular flexibility index (Phi) is 3.40. The number of nitrogens with one attached hydrogen (secondary N) is 2. The molecule has 1 saturated carbocycles. The predicted octanol–water partition coefficient (Wildman–Crippen LogP) is 2.30. The summed E-state index contributed by atoms with van der Waals surface area (Å²) in [7, 11) is 0. The Labute approximate surface area is 155 Å². The molecule has 2 fully saturated rings. The highest BCUT2D eigenvalue weighted by molar-refractivity contribution is 5.79. The molecule has 0 radical (unpaired) electrons. The molecule has 9 nitrogen and oxygen atoms in total. The number of rotatable bonds is 5. The highest BCUT2D eigenvalue weighted by Crippen LogP contribution is 2.47. The number of aromatic nitrogens is 5. The maximum Gasteiger partial charge on any atom is 0.326 e. The maximum atomic E-state index is 11.5. The summed E-state index contributed by atoms with van der Waals surface area (Å²) in [6, 6.07) is 5.24. The van der Waals surface area contributed by atoms with Gasteiger partial charge in [-0.3, -0.25) is 5.10 Å². The van der Waals surface area contributed by atoms with Gasteiger partial charge in [-0.05, 0) is 37.8 Å². The summed E-state index contributed by atoms with van der Waals surface area (Å²) in [5, 5.41) is 24.7. The van der Waals surface area contributed by atoms with Crippen molar-refractivity contribution in [2.75, 3.05) is 16.8 Å². The molecule has 5 rings (SSSR count). The summed E-state index contributed by atoms with van der Waals surface area (Å²) in [6.45, 7) is 2.85. The molecule has 9 heteroatoms. The highest BCUT2D eigenvalue weighted by Gasteiger charge is 2.40. The van der Waals surface area contributed by atoms with Crippen LogP contribution in [0.4, 0.5) is 17.6 Å². The van der Waals surface area contributed by atoms with E-state index in [0.717, 1.165) is 17.6 Å². The lowest BCUT2D eigenvalue weighted by Crippen LogP contribution is -2.37. The lowest BCUT2D eigenvalue weighted by atomic mass is 10.1. The number of H-pyrrole nitrogens is 1. The monoisotopic (exact) mass is 367 g/mol. The van der Waals surface area contributed by atoms with Crippen molar-refractivity contribution in [3.05, 3.63) is 30.1 Å². The molecule has 0 spiro atoms. The number of hydrogen-bond acceptors (Lipinski definition) is 6. The normalized spacial score (nSPS) is 20.9. The minimum absolute atomic E-state index is 0.207. The molecule has 1 atom stereocenters. The number of carboxylic acids is 1. The van der Waals surface area contributed by atoms with Crippen LogP contribution < -0.4 is 10.2 Å². The van der Waals surface area contributed by atoms with Crippen LogP contribution in [-0.4, -0.2) is 48.5 Å². The SMILES string of the molecule is CC1(c2cc(Nc3nc(N4CCC[C@H]4C(=O)O)nn4cccc34)n[nH]2)CC1. The molecule has 0 bridgehead atoms. The van der Waals surface area contributed by atoms with Crippen LogP contribution in [0, 0.1) is 0 Å². The van der Waals surface area contributed by atoms with E-state index in [1.165, 1.54) is 12.8 Å². The first-order chi connectivity index (χ1) is 13.0. The summed E-state index contributed by atoms with van der Waals surface area (Å²) in [5.41, 5.74) is 2.14. The molecular weight excluding hydrogens is 346 g/mol. The van der Waals surface area contributed by atoms with E-state index < -0.39 is 12.0 Å². The van der Waals surface area contributed by atoms with Crippen molar-refractivity contribution in [2.24, 2.45) is 0 Å². The molecule has 0 aromatic carbocycles. The predicted molar refractivity (Wildman–Crippen MR) is 99.4 cm³/mol. The number of nitrogens with zero attached hydrogens (tertiary/aromatic N) is 5. The molecule has 140 valence electrons. The fraction of sp³-hybridized carbons (Fsp3) is 0.444. The number of aliphatic carboxylic acids is 1. The molecule has 3 aromatic rings. The van der Waals surface area contributed by atoms with Gasteiger partial charge in [0.2, 0.25) is 5.95 Å². The maximum absolute atomic E-state index is 11.5. The molecule has 0 unspecified atom stereocenters. The van der Waals surface area contributed by atoms with E-state index in [0.29, 0.717) is 30.5 Å². The molecule has 4 heterocycles. The Balaban J connectivity index is 1.51. The fourth-order valence-electron chi connectivity index (χ4n) is 3.67. The molecule has 1 aliphatic heterocycles. The van der Waals surface area contributed by atoms with Crippen molar-refractivity contribution in [2.45, 2.75) is 44.1 Å². The van der Waals surface area contributed by atoms with Crippen LogP contribution in [0.15, 0.2) is 24.4 Å². The van der Waals surface area contributed by atoms with Gasteiger partial charge in [-0.15, -0.1) is 5.10 Å². The molecule has 3 aromatic heterocycles. The van der Waals surface area contributed by atoms with Crippen molar-refractivity contribution in [1.82, 2.24) is 24.8 Å². The van der Waals surface area contributed by atoms with Gasteiger partial charge in [-0.1, -0.05) is 6.92 Å². The van der Waals surface area contributed by atoms with Crippen LogP contribution in [0.3, 0.4) is 0 Å². The fourth-order valence-corrected chi connectivity index (χ4v) is 3.67. The average Bonchev–Trinajstić information content (AvgIpc) is 3.13. The summed E-state index contributed by atoms with van der Waals surface area (Å²) in [4.78, 5) is 17.9. The van der Waals surface area contributed by atoms with Gasteiger partial charge < -0.3 is 15.3 Å². The summed E-state index contributed by atoms with van der Waals surface area (Å²) >= 11 is 0. The third-order valence-electron chi connectivity index (χ3n) is 5.65. The zero-order valence-electron chi connectivity index (χ0n) is 15.0. The number of anilines is 3. The number of carbonyl (C=O) groups is 1. The van der Waals surface area contributed by atoms with Crippen LogP contribution in [0.5, 0.6) is 0 Å². The Morgan fingerprint density at radius 2 is 2.30 bits per heavy atom. The van der Waals surface area contributed by atoms with Crippen molar-refractivity contribution in [3.8, 4) is 0 Å². The van der Waals surface area contributed by atoms with E-state index in [1.807, 2.05) is 24.4 Å². The lowest BCUT2D eigenvalue weighted by Gasteiger charge is -2.22. The minimum Gasteiger partial charge on any atom is -0.480 e. The Morgan fingerprint density at radius 3 is 3.07 bits per heavy atom. The first-order valence-electron chi connectivity index (χ1n) is 9.21. The van der Waals surface area contributed by atoms with Gasteiger partial charge in [-0.25, -0.2) is 9.31 Å². The zero-order chi connectivity index (χ0) is 18.6. The number of aromatic amines is 1. The second-order valence-corrected chi connectivity index (χ2v) is 7.64. The van der Waals surface area contributed by atoms with Crippen LogP contribution in [-0.2, 0) is 10.2 Å². The van der Waals surface area contributed by atoms with Gasteiger partial charge in [0.25, 0.3) is 0 Å². The Hall–Kier alpha value is -3.10. The summed E-state index contributed by atoms with van der Waals surface area (Å²) < 4.78 is 1.72. The topological polar surface area (TPSA) is 111 Å². The second-order valence-electron chi connectivity index (χ2n) is 7.64. The van der Waals surface area contributed by atoms with Gasteiger partial charge in [0, 0.05) is 29.9 Å². The van der Waals surface area contributed by atoms with Gasteiger partial charge in [0.1, 0.15) is 11.6 Å². The third-order valence-corrected chi connectivity index (χ3v) is 5.65. The molecular formula is C18H21N7O2. The van der Waals surface area contributed by atoms with E-state index >= 15 is 0 Å². The smallest absolute Gasteiger partial charge is 0.326 e. The van der Waals surface area contributed by atoms with Gasteiger partial charge in [0.05, 0.1) is 0 Å². The second kappa shape index (κ2) is 5.70. The highest BCUT2D eigenvalue weighted by atomic mass is 16.4. The minimum atomic E-state index is -0.840. The Bertz CT molecular complexity index is 1020. The number of carboxylic acid groups (broad SMARTS) is 1. The lowest BCUT2D eigenvalue weighted by molar-refractivity contribution is -0.138. The molecule has 27 heavy (non-hydrogen) atoms. The number of hydrogen-bond donors (Lipinski definition) is 3. The zero-order valence-corrected chi connectivity index (χ0v) is 15.0. The molecule has 1 aliphatic carbocycles. The first-order valence-corrected chi connectivity index (χ1v) is 9.21. The molecule has 3 N–H and O–H groups in total. The van der Waals surface area contributed by atoms with E-state index in [1.54, 1.807) is 9.42 Å². The molecule has 1 saturated heterocycles. The molecule has 0 amide bonds. The van der Waals surface area contributed by atoms with Crippen molar-refractivity contribution in [3.63, 3.8) is 0 Å². The molecule has 2 aliphatic rings. The van der Waals surface area contributed by atoms with Crippen molar-refractivity contribution < 1.29 is 9.90 Å². The van der Waals surface area contributed by atoms with Crippen LogP contribution >= 0.6 is 0 Å². The van der Waals surface area contributed by atoms with E-state index in [2.05, 4.69) is 32.5 Å². The van der Waals surface area contributed by atoms with Gasteiger partial charge in [0.15, 0.2) is 11.6 Å². The van der Waals surface area contributed by atoms with Crippen LogP contribution in [0.25, 0.3) is 5.52 Å². The van der Waals surface area contributed by atoms with Gasteiger partial charge >= 0.3 is 5.97 Å². The standard InChI is InChI=1S/C18H21N7O2/c1-18(6-7-18)13-10-14(22-21-13)19-15-11-4-3-9-25(11)23-17(20-15)24-8-2-5-12(24)16(26)27/h3-4,9-10,12H,2,5-8H2,1H3,(H,26,27)(H2,19,20,21,22,23)/t12-/m0/s1. The third kappa shape index (κ3) is 2.70. The number of fused-ring (bicyclic) bond motifs is 1. The van der Waals surface area contributed by atoms with Crippen molar-refractivity contribution >= 4 is 29.1 Å². The van der Waals surface area contributed by atoms with Crippen LogP contribution in [0.2, 0.25) is 0 Å². The van der Waals surface area contributed by atoms with Gasteiger partial charge in [-0.2, -0.15) is 10.1 Å². The summed E-state index contributed by atoms with van der Waals surface area (Å²) in [6.07, 6.45) is 5.58. The van der Waals surface area contributed by atoms with Crippen molar-refractivity contribution in [1.29, 1.82) is 0 Å². The van der Waals surface area contributed by atoms with E-state index in [-0.39, 0.29) is 5.41 Å². The van der Waals surface area contributed by atoms with E-state index in [9.17, 15) is 9.90 Å². The quantitative estimate of drug-likeness (QED) is 0.634. The Morgan fingerprint density at radius 1 is 1.44 bits per heavy atom. The largest absolute Gasteiger partial charge is 0.480 e. The first kappa shape index (κ1) is 16.1. The summed E-state index contributed by atoms with van der Waals surface area (Å²) in [5.74, 6) is 0.881. The van der Waals surface area contributed by atoms with E-state index in [4.69, 9.17) is 0 Å². The van der Waals surface area contributed by atoms with Crippen LogP contribution in [0.1, 0.15) is 38.3 Å².